The minimum atomic E-state index is -0.338. The van der Waals surface area contributed by atoms with Crippen LogP contribution in [0, 0.1) is 5.41 Å². The molecule has 1 fully saturated rings. The van der Waals surface area contributed by atoms with E-state index in [0.717, 1.165) is 18.7 Å². The molecular weight excluding hydrogens is 268 g/mol. The first-order valence-corrected chi connectivity index (χ1v) is 7.99. The maximum atomic E-state index is 11.8. The number of carbonyl (C=O) groups is 1. The van der Waals surface area contributed by atoms with E-state index in [4.69, 9.17) is 5.73 Å². The normalized spacial score (nSPS) is 19.7. The number of nitrogens with one attached hydrogen (secondary N) is 1. The molecule has 3 nitrogen and oxygen atoms in total. The lowest BCUT2D eigenvalue weighted by Gasteiger charge is -2.34. The Morgan fingerprint density at radius 3 is 2.56 bits per heavy atom. The van der Waals surface area contributed by atoms with Crippen LogP contribution in [0.2, 0.25) is 0 Å². The Kier molecular flexibility index (Phi) is 9.09. The third-order valence-electron chi connectivity index (χ3n) is 3.72. The van der Waals surface area contributed by atoms with Crippen molar-refractivity contribution >= 4 is 30.1 Å². The third kappa shape index (κ3) is 6.30. The number of amides is 1. The fourth-order valence-corrected chi connectivity index (χ4v) is 2.88. The van der Waals surface area contributed by atoms with Crippen molar-refractivity contribution in [2.75, 3.05) is 18.6 Å². The van der Waals surface area contributed by atoms with Gasteiger partial charge in [0.2, 0.25) is 5.91 Å². The van der Waals surface area contributed by atoms with Crippen molar-refractivity contribution < 1.29 is 4.79 Å². The molecule has 5 heteroatoms. The van der Waals surface area contributed by atoms with Crippen LogP contribution in [0.25, 0.3) is 0 Å². The van der Waals surface area contributed by atoms with Gasteiger partial charge in [0.1, 0.15) is 0 Å². The van der Waals surface area contributed by atoms with Crippen LogP contribution in [0.15, 0.2) is 0 Å². The molecule has 0 aromatic heterocycles. The number of nitrogens with two attached hydrogens (primary N) is 1. The monoisotopic (exact) mass is 294 g/mol. The Hall–Kier alpha value is 0.0700. The molecule has 1 aliphatic carbocycles. The van der Waals surface area contributed by atoms with Crippen molar-refractivity contribution in [3.8, 4) is 0 Å². The largest absolute Gasteiger partial charge is 0.354 e. The number of halogens is 1. The van der Waals surface area contributed by atoms with Gasteiger partial charge in [0.15, 0.2) is 0 Å². The van der Waals surface area contributed by atoms with Crippen LogP contribution >= 0.6 is 24.2 Å². The highest BCUT2D eigenvalue weighted by molar-refractivity contribution is 7.98. The standard InChI is InChI=1S/C13H26N2OS.ClH/c1-13(7-4-3-5-8-13)10-15-12(16)11(14)6-9-17-2;/h11H,3-10,14H2,1-2H3,(H,15,16);1H/t11-;/m0./s1. The molecule has 0 saturated heterocycles. The first-order chi connectivity index (χ1) is 8.07. The zero-order chi connectivity index (χ0) is 12.7. The second kappa shape index (κ2) is 9.05. The van der Waals surface area contributed by atoms with E-state index in [0.29, 0.717) is 5.41 Å². The lowest BCUT2D eigenvalue weighted by molar-refractivity contribution is -0.123. The topological polar surface area (TPSA) is 55.1 Å². The number of hydrogen-bond donors (Lipinski definition) is 2. The summed E-state index contributed by atoms with van der Waals surface area (Å²) >= 11 is 1.73. The molecule has 1 amide bonds. The van der Waals surface area contributed by atoms with Crippen molar-refractivity contribution in [3.63, 3.8) is 0 Å². The number of hydrogen-bond acceptors (Lipinski definition) is 3. The molecule has 108 valence electrons. The van der Waals surface area contributed by atoms with Gasteiger partial charge in [0.05, 0.1) is 6.04 Å². The molecule has 0 aliphatic heterocycles. The summed E-state index contributed by atoms with van der Waals surface area (Å²) in [6.07, 6.45) is 9.20. The van der Waals surface area contributed by atoms with Crippen LogP contribution in [0.3, 0.4) is 0 Å². The Morgan fingerprint density at radius 2 is 2.00 bits per heavy atom. The maximum Gasteiger partial charge on any atom is 0.236 e. The summed E-state index contributed by atoms with van der Waals surface area (Å²) in [6, 6.07) is -0.338. The van der Waals surface area contributed by atoms with Crippen LogP contribution in [-0.4, -0.2) is 30.5 Å². The van der Waals surface area contributed by atoms with E-state index in [9.17, 15) is 4.79 Å². The summed E-state index contributed by atoms with van der Waals surface area (Å²) in [6.45, 7) is 3.07. The first-order valence-electron chi connectivity index (χ1n) is 6.60. The van der Waals surface area contributed by atoms with E-state index in [1.54, 1.807) is 11.8 Å². The van der Waals surface area contributed by atoms with Crippen LogP contribution in [0.4, 0.5) is 0 Å². The Bertz CT molecular complexity index is 245. The summed E-state index contributed by atoms with van der Waals surface area (Å²) in [5.74, 6) is 0.970. The minimum Gasteiger partial charge on any atom is -0.354 e. The average molecular weight is 295 g/mol. The van der Waals surface area contributed by atoms with Crippen molar-refractivity contribution in [1.29, 1.82) is 0 Å². The molecule has 1 rings (SSSR count). The molecular formula is C13H27ClN2OS. The molecule has 1 aliphatic rings. The van der Waals surface area contributed by atoms with Gasteiger partial charge in [-0.05, 0) is 36.7 Å². The highest BCUT2D eigenvalue weighted by Crippen LogP contribution is 2.34. The van der Waals surface area contributed by atoms with E-state index in [2.05, 4.69) is 12.2 Å². The molecule has 0 radical (unpaired) electrons. The molecule has 0 bridgehead atoms. The van der Waals surface area contributed by atoms with E-state index in [1.807, 2.05) is 6.26 Å². The van der Waals surface area contributed by atoms with Gasteiger partial charge in [0.25, 0.3) is 0 Å². The molecule has 1 atom stereocenters. The summed E-state index contributed by atoms with van der Waals surface area (Å²) in [7, 11) is 0. The summed E-state index contributed by atoms with van der Waals surface area (Å²) in [5, 5.41) is 3.03. The van der Waals surface area contributed by atoms with Crippen molar-refractivity contribution in [3.05, 3.63) is 0 Å². The second-order valence-electron chi connectivity index (χ2n) is 5.48. The lowest BCUT2D eigenvalue weighted by Crippen LogP contribution is -2.45. The van der Waals surface area contributed by atoms with Gasteiger partial charge in [-0.15, -0.1) is 12.4 Å². The molecule has 0 aromatic rings. The van der Waals surface area contributed by atoms with Gasteiger partial charge >= 0.3 is 0 Å². The smallest absolute Gasteiger partial charge is 0.236 e. The highest BCUT2D eigenvalue weighted by Gasteiger charge is 2.27. The van der Waals surface area contributed by atoms with Crippen molar-refractivity contribution in [2.45, 2.75) is 51.5 Å². The molecule has 0 spiro atoms. The lowest BCUT2D eigenvalue weighted by atomic mass is 9.76. The highest BCUT2D eigenvalue weighted by atomic mass is 35.5. The summed E-state index contributed by atoms with van der Waals surface area (Å²) < 4.78 is 0. The summed E-state index contributed by atoms with van der Waals surface area (Å²) in [4.78, 5) is 11.8. The van der Waals surface area contributed by atoms with E-state index < -0.39 is 0 Å². The zero-order valence-electron chi connectivity index (χ0n) is 11.5. The quantitative estimate of drug-likeness (QED) is 0.792. The van der Waals surface area contributed by atoms with E-state index >= 15 is 0 Å². The Morgan fingerprint density at radius 1 is 1.39 bits per heavy atom. The minimum absolute atomic E-state index is 0. The van der Waals surface area contributed by atoms with Gasteiger partial charge in [-0.25, -0.2) is 0 Å². The Labute approximate surface area is 121 Å². The SMILES string of the molecule is CSCC[C@H](N)C(=O)NCC1(C)CCCCC1.Cl. The van der Waals surface area contributed by atoms with Crippen LogP contribution in [0.1, 0.15) is 45.4 Å². The van der Waals surface area contributed by atoms with Gasteiger partial charge in [0, 0.05) is 6.54 Å². The van der Waals surface area contributed by atoms with E-state index in [-0.39, 0.29) is 24.4 Å². The van der Waals surface area contributed by atoms with Gasteiger partial charge < -0.3 is 11.1 Å². The molecule has 0 unspecified atom stereocenters. The number of thioether (sulfide) groups is 1. The Balaban J connectivity index is 0.00000289. The van der Waals surface area contributed by atoms with Gasteiger partial charge in [-0.2, -0.15) is 11.8 Å². The molecule has 18 heavy (non-hydrogen) atoms. The van der Waals surface area contributed by atoms with Crippen molar-refractivity contribution in [2.24, 2.45) is 11.1 Å². The van der Waals surface area contributed by atoms with Gasteiger partial charge in [-0.1, -0.05) is 26.2 Å². The maximum absolute atomic E-state index is 11.8. The second-order valence-corrected chi connectivity index (χ2v) is 6.46. The molecule has 1 saturated carbocycles. The van der Waals surface area contributed by atoms with E-state index in [1.165, 1.54) is 32.1 Å². The zero-order valence-corrected chi connectivity index (χ0v) is 13.2. The fourth-order valence-electron chi connectivity index (χ4n) is 2.39. The van der Waals surface area contributed by atoms with Crippen LogP contribution < -0.4 is 11.1 Å². The molecule has 0 heterocycles. The summed E-state index contributed by atoms with van der Waals surface area (Å²) in [5.41, 5.74) is 6.14. The molecule has 3 N–H and O–H groups in total. The van der Waals surface area contributed by atoms with Crippen molar-refractivity contribution in [1.82, 2.24) is 5.32 Å². The average Bonchev–Trinajstić information content (AvgIpc) is 2.34. The van der Waals surface area contributed by atoms with Crippen LogP contribution in [-0.2, 0) is 4.79 Å². The predicted molar refractivity (Wildman–Crippen MR) is 82.4 cm³/mol. The van der Waals surface area contributed by atoms with Crippen LogP contribution in [0.5, 0.6) is 0 Å². The first kappa shape index (κ1) is 18.1. The van der Waals surface area contributed by atoms with Gasteiger partial charge in [-0.3, -0.25) is 4.79 Å². The number of rotatable bonds is 6. The molecule has 0 aromatic carbocycles. The third-order valence-corrected chi connectivity index (χ3v) is 4.36. The predicted octanol–water partition coefficient (Wildman–Crippen LogP) is 2.58. The fraction of sp³-hybridized carbons (Fsp3) is 0.923. The number of carbonyl (C=O) groups excluding carboxylic acids is 1.